The number of ether oxygens (including phenoxy) is 1. The fraction of sp³-hybridized carbons (Fsp3) is 0.522. The SMILES string of the molecule is COCCN1c2cccnc2-n2cccc2C12CCN(C(=O)C1CCC1)C2.O=C(O)C(F)(F)F. The molecule has 0 radical (unpaired) electrons. The lowest BCUT2D eigenvalue weighted by atomic mass is 9.84. The number of rotatable bonds is 4. The van der Waals surface area contributed by atoms with Crippen molar-refractivity contribution in [3.05, 3.63) is 42.4 Å². The number of aromatic nitrogens is 2. The first-order valence-corrected chi connectivity index (χ1v) is 11.2. The number of amides is 1. The summed E-state index contributed by atoms with van der Waals surface area (Å²) in [6, 6.07) is 8.41. The Hall–Kier alpha value is -3.08. The summed E-state index contributed by atoms with van der Waals surface area (Å²) in [7, 11) is 1.74. The summed E-state index contributed by atoms with van der Waals surface area (Å²) < 4.78 is 39.4. The molecule has 1 amide bonds. The summed E-state index contributed by atoms with van der Waals surface area (Å²) in [6.45, 7) is 2.99. The number of hydrogen-bond donors (Lipinski definition) is 1. The largest absolute Gasteiger partial charge is 0.490 e. The van der Waals surface area contributed by atoms with Crippen molar-refractivity contribution in [2.24, 2.45) is 5.92 Å². The van der Waals surface area contributed by atoms with Crippen LogP contribution in [0.25, 0.3) is 5.82 Å². The van der Waals surface area contributed by atoms with E-state index in [0.29, 0.717) is 12.5 Å². The van der Waals surface area contributed by atoms with Gasteiger partial charge in [0, 0.05) is 45.1 Å². The van der Waals surface area contributed by atoms with E-state index in [2.05, 4.69) is 43.7 Å². The molecule has 5 rings (SSSR count). The van der Waals surface area contributed by atoms with E-state index in [1.807, 2.05) is 12.3 Å². The minimum Gasteiger partial charge on any atom is -0.475 e. The van der Waals surface area contributed by atoms with E-state index in [0.717, 1.165) is 50.4 Å². The number of alkyl halides is 3. The Morgan fingerprint density at radius 3 is 2.62 bits per heavy atom. The van der Waals surface area contributed by atoms with E-state index in [1.165, 1.54) is 12.1 Å². The molecule has 2 aliphatic heterocycles. The number of aliphatic carboxylic acids is 1. The first-order valence-electron chi connectivity index (χ1n) is 11.2. The van der Waals surface area contributed by atoms with E-state index >= 15 is 0 Å². The molecule has 1 saturated carbocycles. The Kier molecular flexibility index (Phi) is 6.57. The number of nitrogens with zero attached hydrogens (tertiary/aromatic N) is 4. The molecule has 3 aliphatic rings. The lowest BCUT2D eigenvalue weighted by Crippen LogP contribution is -2.54. The molecule has 2 aromatic heterocycles. The average molecular weight is 480 g/mol. The van der Waals surface area contributed by atoms with Gasteiger partial charge >= 0.3 is 12.1 Å². The van der Waals surface area contributed by atoms with Gasteiger partial charge in [0.25, 0.3) is 0 Å². The molecule has 2 aromatic rings. The number of pyridine rings is 1. The fourth-order valence-electron chi connectivity index (χ4n) is 4.94. The van der Waals surface area contributed by atoms with Crippen LogP contribution >= 0.6 is 0 Å². The number of methoxy groups -OCH3 is 1. The molecule has 1 spiro atoms. The Labute approximate surface area is 194 Å². The molecular formula is C23H27F3N4O4. The molecule has 1 aliphatic carbocycles. The van der Waals surface area contributed by atoms with Gasteiger partial charge in [0.1, 0.15) is 5.54 Å². The van der Waals surface area contributed by atoms with Crippen LogP contribution in [0.4, 0.5) is 18.9 Å². The van der Waals surface area contributed by atoms with Crippen molar-refractivity contribution in [1.29, 1.82) is 0 Å². The number of likely N-dealkylation sites (tertiary alicyclic amines) is 1. The number of carboxylic acid groups (broad SMARTS) is 1. The molecule has 1 unspecified atom stereocenters. The molecule has 184 valence electrons. The van der Waals surface area contributed by atoms with E-state index in [-0.39, 0.29) is 11.5 Å². The van der Waals surface area contributed by atoms with E-state index in [9.17, 15) is 18.0 Å². The monoisotopic (exact) mass is 480 g/mol. The Morgan fingerprint density at radius 1 is 1.26 bits per heavy atom. The number of carbonyl (C=O) groups excluding carboxylic acids is 1. The highest BCUT2D eigenvalue weighted by Gasteiger charge is 2.51. The molecule has 1 atom stereocenters. The van der Waals surface area contributed by atoms with Gasteiger partial charge < -0.3 is 24.2 Å². The van der Waals surface area contributed by atoms with Gasteiger partial charge in [-0.25, -0.2) is 9.78 Å². The van der Waals surface area contributed by atoms with Gasteiger partial charge in [0.2, 0.25) is 5.91 Å². The molecule has 0 aromatic carbocycles. The molecule has 34 heavy (non-hydrogen) atoms. The summed E-state index contributed by atoms with van der Waals surface area (Å²) >= 11 is 0. The van der Waals surface area contributed by atoms with Gasteiger partial charge in [0.15, 0.2) is 5.82 Å². The number of halogens is 3. The summed E-state index contributed by atoms with van der Waals surface area (Å²) in [4.78, 5) is 31.0. The van der Waals surface area contributed by atoms with Crippen LogP contribution in [-0.4, -0.2) is 71.0 Å². The van der Waals surface area contributed by atoms with Crippen LogP contribution < -0.4 is 4.90 Å². The molecule has 8 nitrogen and oxygen atoms in total. The second kappa shape index (κ2) is 9.28. The van der Waals surface area contributed by atoms with Crippen LogP contribution in [-0.2, 0) is 19.9 Å². The third-order valence-corrected chi connectivity index (χ3v) is 6.80. The van der Waals surface area contributed by atoms with Crippen LogP contribution in [0.3, 0.4) is 0 Å². The molecule has 11 heteroatoms. The van der Waals surface area contributed by atoms with Crippen LogP contribution in [0.15, 0.2) is 36.7 Å². The number of anilines is 1. The van der Waals surface area contributed by atoms with Crippen molar-refractivity contribution in [2.75, 3.05) is 38.3 Å². The van der Waals surface area contributed by atoms with Crippen molar-refractivity contribution < 1.29 is 32.6 Å². The summed E-state index contributed by atoms with van der Waals surface area (Å²) in [5.74, 6) is -1.20. The molecular weight excluding hydrogens is 453 g/mol. The zero-order valence-corrected chi connectivity index (χ0v) is 18.8. The zero-order chi connectivity index (χ0) is 24.5. The van der Waals surface area contributed by atoms with Crippen LogP contribution in [0.5, 0.6) is 0 Å². The van der Waals surface area contributed by atoms with E-state index in [4.69, 9.17) is 14.6 Å². The standard InChI is InChI=1S/C21H26N4O2.C2HF3O2/c1-27-14-13-25-17-7-3-10-22-19(17)24-11-4-8-18(24)21(25)9-12-23(15-21)20(26)16-5-2-6-16;3-2(4,5)1(6)7/h3-4,7-8,10-11,16H,2,5-6,9,12-15H2,1H3;(H,6,7). The van der Waals surface area contributed by atoms with Gasteiger partial charge in [-0.2, -0.15) is 13.2 Å². The van der Waals surface area contributed by atoms with Crippen LogP contribution in [0.1, 0.15) is 31.4 Å². The highest BCUT2D eigenvalue weighted by atomic mass is 19.4. The second-order valence-electron chi connectivity index (χ2n) is 8.73. The number of hydrogen-bond acceptors (Lipinski definition) is 5. The minimum atomic E-state index is -5.08. The Morgan fingerprint density at radius 2 is 2.00 bits per heavy atom. The third kappa shape index (κ3) is 4.24. The van der Waals surface area contributed by atoms with Gasteiger partial charge in [-0.3, -0.25) is 4.79 Å². The maximum absolute atomic E-state index is 12.9. The van der Waals surface area contributed by atoms with Gasteiger partial charge in [0.05, 0.1) is 18.0 Å². The summed E-state index contributed by atoms with van der Waals surface area (Å²) in [5, 5.41) is 7.12. The van der Waals surface area contributed by atoms with Gasteiger partial charge in [-0.05, 0) is 43.5 Å². The van der Waals surface area contributed by atoms with Crippen LogP contribution in [0, 0.1) is 5.92 Å². The average Bonchev–Trinajstić information content (AvgIpc) is 3.41. The van der Waals surface area contributed by atoms with Crippen molar-refractivity contribution >= 4 is 17.6 Å². The maximum Gasteiger partial charge on any atom is 0.490 e. The number of carbonyl (C=O) groups is 2. The highest BCUT2D eigenvalue weighted by Crippen LogP contribution is 2.47. The predicted molar refractivity (Wildman–Crippen MR) is 117 cm³/mol. The van der Waals surface area contributed by atoms with Crippen molar-refractivity contribution in [3.8, 4) is 5.82 Å². The number of fused-ring (bicyclic) bond motifs is 4. The predicted octanol–water partition coefficient (Wildman–Crippen LogP) is 3.20. The normalized spacial score (nSPS) is 21.4. The van der Waals surface area contributed by atoms with Gasteiger partial charge in [-0.15, -0.1) is 0 Å². The Balaban J connectivity index is 0.000000344. The number of carboxylic acids is 1. The second-order valence-corrected chi connectivity index (χ2v) is 8.73. The minimum absolute atomic E-state index is 0.211. The topological polar surface area (TPSA) is 87.9 Å². The van der Waals surface area contributed by atoms with Crippen LogP contribution in [0.2, 0.25) is 0 Å². The summed E-state index contributed by atoms with van der Waals surface area (Å²) in [5.41, 5.74) is 2.14. The molecule has 1 saturated heterocycles. The highest BCUT2D eigenvalue weighted by molar-refractivity contribution is 5.80. The summed E-state index contributed by atoms with van der Waals surface area (Å²) in [6.07, 6.45) is 3.09. The lowest BCUT2D eigenvalue weighted by molar-refractivity contribution is -0.192. The third-order valence-electron chi connectivity index (χ3n) is 6.80. The fourth-order valence-corrected chi connectivity index (χ4v) is 4.94. The molecule has 1 N–H and O–H groups in total. The molecule has 2 fully saturated rings. The smallest absolute Gasteiger partial charge is 0.475 e. The first-order chi connectivity index (χ1) is 16.2. The first kappa shape index (κ1) is 24.1. The molecule has 4 heterocycles. The maximum atomic E-state index is 12.9. The zero-order valence-electron chi connectivity index (χ0n) is 18.8. The van der Waals surface area contributed by atoms with Gasteiger partial charge in [-0.1, -0.05) is 6.42 Å². The Bertz CT molecular complexity index is 1050. The van der Waals surface area contributed by atoms with E-state index < -0.39 is 12.1 Å². The quantitative estimate of drug-likeness (QED) is 0.723. The van der Waals surface area contributed by atoms with Crippen molar-refractivity contribution in [2.45, 2.75) is 37.4 Å². The van der Waals surface area contributed by atoms with E-state index in [1.54, 1.807) is 7.11 Å². The lowest BCUT2D eigenvalue weighted by Gasteiger charge is -2.47. The molecule has 0 bridgehead atoms. The van der Waals surface area contributed by atoms with Crippen molar-refractivity contribution in [1.82, 2.24) is 14.5 Å². The van der Waals surface area contributed by atoms with Crippen molar-refractivity contribution in [3.63, 3.8) is 0 Å².